The van der Waals surface area contributed by atoms with E-state index in [-0.39, 0.29) is 43.8 Å². The van der Waals surface area contributed by atoms with Gasteiger partial charge in [0.1, 0.15) is 17.7 Å². The molecule has 4 rings (SSSR count). The number of likely N-dealkylation sites (tertiary alicyclic amines) is 1. The van der Waals surface area contributed by atoms with Gasteiger partial charge in [0.15, 0.2) is 0 Å². The molecule has 3 saturated heterocycles. The lowest BCUT2D eigenvalue weighted by atomic mass is 9.70. The summed E-state index contributed by atoms with van der Waals surface area (Å²) in [5.41, 5.74) is -0.690. The first-order valence-corrected chi connectivity index (χ1v) is 15.7. The molecule has 7 atom stereocenters. The second-order valence-electron chi connectivity index (χ2n) is 12.4. The Labute approximate surface area is 264 Å². The standard InChI is InChI=1S/C33H44ClN3O7/c1-6-8-9-26(39)35-18-21(5)43-32(42)27-25-14-15-33(44-25)28(27)30(40)37(24(19-38)17-20(3)4)29(33)31(41)36(16-7-2)23-12-10-22(34)11-13-23/h6-7,10-13,20-21,24-25,27-29,38H,1-2,8-9,14-19H2,3-5H3,(H,35,39)/t21-,24-,25-,27+,28+,29-,33+/m1/s1. The molecular weight excluding hydrogens is 586 g/mol. The molecule has 1 aromatic carbocycles. The first kappa shape index (κ1) is 33.7. The zero-order valence-corrected chi connectivity index (χ0v) is 26.5. The molecule has 3 fully saturated rings. The van der Waals surface area contributed by atoms with Crippen molar-refractivity contribution in [1.82, 2.24) is 10.2 Å². The minimum Gasteiger partial charge on any atom is -0.460 e. The highest BCUT2D eigenvalue weighted by Gasteiger charge is 2.75. The van der Waals surface area contributed by atoms with E-state index in [1.165, 1.54) is 9.80 Å². The zero-order chi connectivity index (χ0) is 32.2. The minimum absolute atomic E-state index is 0.120. The maximum Gasteiger partial charge on any atom is 0.312 e. The van der Waals surface area contributed by atoms with Crippen LogP contribution in [0.2, 0.25) is 5.02 Å². The van der Waals surface area contributed by atoms with Gasteiger partial charge in [-0.2, -0.15) is 0 Å². The van der Waals surface area contributed by atoms with Crippen molar-refractivity contribution in [3.8, 4) is 0 Å². The van der Waals surface area contributed by atoms with Gasteiger partial charge < -0.3 is 29.7 Å². The second-order valence-corrected chi connectivity index (χ2v) is 12.8. The highest BCUT2D eigenvalue weighted by atomic mass is 35.5. The molecule has 11 heteroatoms. The van der Waals surface area contributed by atoms with Gasteiger partial charge in [-0.25, -0.2) is 0 Å². The Morgan fingerprint density at radius 1 is 1.23 bits per heavy atom. The Morgan fingerprint density at radius 2 is 1.93 bits per heavy atom. The summed E-state index contributed by atoms with van der Waals surface area (Å²) in [4.78, 5) is 57.7. The van der Waals surface area contributed by atoms with Gasteiger partial charge in [-0.05, 0) is 62.8 Å². The van der Waals surface area contributed by atoms with E-state index in [1.54, 1.807) is 43.3 Å². The van der Waals surface area contributed by atoms with Crippen LogP contribution in [0.1, 0.15) is 52.9 Å². The molecular formula is C33H44ClN3O7. The molecule has 3 heterocycles. The number of esters is 1. The van der Waals surface area contributed by atoms with Crippen molar-refractivity contribution in [3.63, 3.8) is 0 Å². The normalized spacial score (nSPS) is 26.7. The van der Waals surface area contributed by atoms with Crippen LogP contribution in [-0.4, -0.2) is 83.3 Å². The lowest BCUT2D eigenvalue weighted by Gasteiger charge is -2.39. The van der Waals surface area contributed by atoms with Crippen molar-refractivity contribution in [1.29, 1.82) is 0 Å². The summed E-state index contributed by atoms with van der Waals surface area (Å²) in [5, 5.41) is 13.8. The first-order valence-electron chi connectivity index (χ1n) is 15.4. The molecule has 3 amide bonds. The maximum atomic E-state index is 14.6. The Kier molecular flexibility index (Phi) is 10.9. The van der Waals surface area contributed by atoms with Crippen LogP contribution in [-0.2, 0) is 28.7 Å². The number of rotatable bonds is 15. The number of halogens is 1. The number of fused-ring (bicyclic) bond motifs is 1. The van der Waals surface area contributed by atoms with E-state index in [2.05, 4.69) is 18.5 Å². The largest absolute Gasteiger partial charge is 0.460 e. The second kappa shape index (κ2) is 14.3. The van der Waals surface area contributed by atoms with Gasteiger partial charge in [-0.15, -0.1) is 13.2 Å². The molecule has 0 saturated carbocycles. The number of aliphatic hydroxyl groups excluding tert-OH is 1. The first-order chi connectivity index (χ1) is 21.0. The van der Waals surface area contributed by atoms with E-state index >= 15 is 0 Å². The average Bonchev–Trinajstić information content (AvgIpc) is 3.64. The number of hydrogen-bond acceptors (Lipinski definition) is 7. The van der Waals surface area contributed by atoms with Crippen LogP contribution in [0.4, 0.5) is 5.69 Å². The fourth-order valence-corrected chi connectivity index (χ4v) is 7.10. The van der Waals surface area contributed by atoms with Gasteiger partial charge in [0, 0.05) is 23.7 Å². The quantitative estimate of drug-likeness (QED) is 0.224. The van der Waals surface area contributed by atoms with Crippen molar-refractivity contribution >= 4 is 41.0 Å². The van der Waals surface area contributed by atoms with Gasteiger partial charge in [-0.1, -0.05) is 37.6 Å². The van der Waals surface area contributed by atoms with Crippen LogP contribution in [0, 0.1) is 17.8 Å². The lowest BCUT2D eigenvalue weighted by Crippen LogP contribution is -2.59. The molecule has 0 unspecified atom stereocenters. The number of benzene rings is 1. The van der Waals surface area contributed by atoms with Crippen LogP contribution in [0.5, 0.6) is 0 Å². The summed E-state index contributed by atoms with van der Waals surface area (Å²) in [6.07, 6.45) is 4.18. The number of ether oxygens (including phenoxy) is 2. The Hall–Kier alpha value is -3.21. The van der Waals surface area contributed by atoms with E-state index in [0.717, 1.165) is 0 Å². The number of nitrogens with zero attached hydrogens (tertiary/aromatic N) is 2. The Balaban J connectivity index is 1.66. The number of allylic oxidation sites excluding steroid dienone is 1. The van der Waals surface area contributed by atoms with Crippen molar-refractivity contribution in [2.24, 2.45) is 17.8 Å². The third-order valence-electron chi connectivity index (χ3n) is 8.79. The smallest absolute Gasteiger partial charge is 0.312 e. The zero-order valence-electron chi connectivity index (χ0n) is 25.7. The summed E-state index contributed by atoms with van der Waals surface area (Å²) >= 11 is 6.12. The SMILES string of the molecule is C=CCCC(=O)NC[C@@H](C)OC(=O)[C@@H]1[C@H]2C(=O)N([C@@H](CO)CC(C)C)[C@H](C(=O)N(CC=C)c3ccc(Cl)cc3)[C@]23CC[C@H]1O3. The number of carbonyl (C=O) groups is 4. The van der Waals surface area contributed by atoms with E-state index in [0.29, 0.717) is 36.4 Å². The minimum atomic E-state index is -1.26. The lowest BCUT2D eigenvalue weighted by molar-refractivity contribution is -0.159. The van der Waals surface area contributed by atoms with Crippen LogP contribution in [0.3, 0.4) is 0 Å². The van der Waals surface area contributed by atoms with Crippen LogP contribution in [0.15, 0.2) is 49.6 Å². The van der Waals surface area contributed by atoms with Crippen LogP contribution < -0.4 is 10.2 Å². The highest BCUT2D eigenvalue weighted by Crippen LogP contribution is 2.59. The molecule has 240 valence electrons. The van der Waals surface area contributed by atoms with Gasteiger partial charge in [0.05, 0.1) is 37.1 Å². The molecule has 0 aromatic heterocycles. The third kappa shape index (κ3) is 6.57. The summed E-state index contributed by atoms with van der Waals surface area (Å²) in [5.74, 6) is -3.30. The number of amides is 3. The monoisotopic (exact) mass is 629 g/mol. The predicted octanol–water partition coefficient (Wildman–Crippen LogP) is 3.65. The van der Waals surface area contributed by atoms with Gasteiger partial charge in [0.2, 0.25) is 11.8 Å². The van der Waals surface area contributed by atoms with Crippen LogP contribution >= 0.6 is 11.6 Å². The van der Waals surface area contributed by atoms with E-state index in [1.807, 2.05) is 13.8 Å². The molecule has 3 aliphatic heterocycles. The molecule has 0 aliphatic carbocycles. The molecule has 1 spiro atoms. The summed E-state index contributed by atoms with van der Waals surface area (Å²) in [7, 11) is 0. The highest BCUT2D eigenvalue weighted by molar-refractivity contribution is 6.30. The van der Waals surface area contributed by atoms with E-state index < -0.39 is 53.6 Å². The van der Waals surface area contributed by atoms with E-state index in [4.69, 9.17) is 21.1 Å². The van der Waals surface area contributed by atoms with E-state index in [9.17, 15) is 24.3 Å². The van der Waals surface area contributed by atoms with Crippen molar-refractivity contribution in [2.75, 3.05) is 24.6 Å². The van der Waals surface area contributed by atoms with Crippen LogP contribution in [0.25, 0.3) is 0 Å². The van der Waals surface area contributed by atoms with Gasteiger partial charge >= 0.3 is 5.97 Å². The van der Waals surface area contributed by atoms with Gasteiger partial charge in [-0.3, -0.25) is 19.2 Å². The predicted molar refractivity (Wildman–Crippen MR) is 167 cm³/mol. The topological polar surface area (TPSA) is 125 Å². The Bertz CT molecular complexity index is 1250. The maximum absolute atomic E-state index is 14.6. The number of nitrogens with one attached hydrogen (secondary N) is 1. The van der Waals surface area contributed by atoms with Gasteiger partial charge in [0.25, 0.3) is 5.91 Å². The van der Waals surface area contributed by atoms with Crippen molar-refractivity contribution < 1.29 is 33.8 Å². The molecule has 44 heavy (non-hydrogen) atoms. The number of anilines is 1. The molecule has 2 N–H and O–H groups in total. The average molecular weight is 630 g/mol. The molecule has 1 aromatic rings. The number of hydrogen-bond donors (Lipinski definition) is 2. The Morgan fingerprint density at radius 3 is 2.55 bits per heavy atom. The molecule has 10 nitrogen and oxygen atoms in total. The molecule has 3 aliphatic rings. The summed E-state index contributed by atoms with van der Waals surface area (Å²) in [6.45, 7) is 13.0. The number of aliphatic hydroxyl groups is 1. The molecule has 2 bridgehead atoms. The van der Waals surface area contributed by atoms with Crippen molar-refractivity contribution in [3.05, 3.63) is 54.6 Å². The fourth-order valence-electron chi connectivity index (χ4n) is 6.97. The fraction of sp³-hybridized carbons (Fsp3) is 0.576. The summed E-state index contributed by atoms with van der Waals surface area (Å²) < 4.78 is 12.3. The molecule has 0 radical (unpaired) electrons. The van der Waals surface area contributed by atoms with Crippen molar-refractivity contribution in [2.45, 2.75) is 82.8 Å². The third-order valence-corrected chi connectivity index (χ3v) is 9.04. The summed E-state index contributed by atoms with van der Waals surface area (Å²) in [6, 6.07) is 5.08. The number of carbonyl (C=O) groups excluding carboxylic acids is 4.